The van der Waals surface area contributed by atoms with E-state index in [4.69, 9.17) is 14.2 Å². The Bertz CT molecular complexity index is 1110. The first-order chi connectivity index (χ1) is 14.4. The van der Waals surface area contributed by atoms with E-state index >= 15 is 0 Å². The highest BCUT2D eigenvalue weighted by Gasteiger charge is 2.21. The number of rotatable bonds is 9. The Morgan fingerprint density at radius 1 is 0.967 bits per heavy atom. The number of aromatic nitrogens is 2. The summed E-state index contributed by atoms with van der Waals surface area (Å²) in [5.74, 6) is 0.0562. The van der Waals surface area contributed by atoms with Crippen molar-refractivity contribution in [1.82, 2.24) is 9.97 Å². The Morgan fingerprint density at radius 2 is 1.67 bits per heavy atom. The number of para-hydroxylation sites is 1. The fourth-order valence-corrected chi connectivity index (χ4v) is 3.65. The van der Waals surface area contributed by atoms with Crippen LogP contribution in [0.4, 0.5) is 10.1 Å². The Hall–Kier alpha value is -3.40. The Labute approximate surface area is 173 Å². The van der Waals surface area contributed by atoms with Crippen LogP contribution in [-0.2, 0) is 10.0 Å². The third kappa shape index (κ3) is 5.15. The third-order valence-electron chi connectivity index (χ3n) is 3.73. The largest absolute Gasteiger partial charge is 0.494 e. The van der Waals surface area contributed by atoms with Crippen LogP contribution < -0.4 is 18.9 Å². The van der Waals surface area contributed by atoms with Gasteiger partial charge in [-0.15, -0.1) is 0 Å². The van der Waals surface area contributed by atoms with Crippen molar-refractivity contribution in [2.45, 2.75) is 18.7 Å². The Balaban J connectivity index is 1.79. The molecular weight excluding hydrogens is 413 g/mol. The summed E-state index contributed by atoms with van der Waals surface area (Å²) in [6.07, 6.45) is 2.44. The quantitative estimate of drug-likeness (QED) is 0.544. The average molecular weight is 433 g/mol. The smallest absolute Gasteiger partial charge is 0.322 e. The van der Waals surface area contributed by atoms with E-state index < -0.39 is 15.8 Å². The molecule has 3 rings (SSSR count). The molecule has 0 atom stereocenters. The zero-order valence-corrected chi connectivity index (χ0v) is 17.1. The van der Waals surface area contributed by atoms with E-state index in [1.165, 1.54) is 42.7 Å². The molecule has 0 saturated carbocycles. The minimum absolute atomic E-state index is 0.0402. The van der Waals surface area contributed by atoms with Crippen molar-refractivity contribution < 1.29 is 27.0 Å². The van der Waals surface area contributed by atoms with E-state index in [0.717, 1.165) is 0 Å². The summed E-state index contributed by atoms with van der Waals surface area (Å²) in [6, 6.07) is 10.1. The summed E-state index contributed by atoms with van der Waals surface area (Å²) >= 11 is 0. The minimum Gasteiger partial charge on any atom is -0.494 e. The molecule has 0 fully saturated rings. The van der Waals surface area contributed by atoms with Crippen molar-refractivity contribution >= 4 is 15.7 Å². The molecule has 0 aliphatic heterocycles. The standard InChI is InChI=1S/C20H20FN3O5S/c1-3-27-15-9-10-19(18(11-15)28-4-2)30(25,26)24-14-12-22-20(23-13-14)29-17-8-6-5-7-16(17)21/h5-13,24H,3-4H2,1-2H3. The van der Waals surface area contributed by atoms with Crippen molar-refractivity contribution in [2.24, 2.45) is 0 Å². The van der Waals surface area contributed by atoms with Gasteiger partial charge in [-0.2, -0.15) is 0 Å². The van der Waals surface area contributed by atoms with Crippen LogP contribution in [0.15, 0.2) is 59.8 Å². The first-order valence-corrected chi connectivity index (χ1v) is 10.6. The number of hydrogen-bond acceptors (Lipinski definition) is 7. The van der Waals surface area contributed by atoms with Crippen LogP contribution in [0.2, 0.25) is 0 Å². The van der Waals surface area contributed by atoms with Crippen molar-refractivity contribution in [3.63, 3.8) is 0 Å². The molecule has 10 heteroatoms. The lowest BCUT2D eigenvalue weighted by Gasteiger charge is -2.14. The molecule has 3 aromatic rings. The first-order valence-electron chi connectivity index (χ1n) is 9.09. The Morgan fingerprint density at radius 3 is 2.33 bits per heavy atom. The summed E-state index contributed by atoms with van der Waals surface area (Å²) in [5, 5.41) is 0. The third-order valence-corrected chi connectivity index (χ3v) is 5.15. The van der Waals surface area contributed by atoms with Crippen molar-refractivity contribution in [3.05, 3.63) is 60.7 Å². The van der Waals surface area contributed by atoms with Gasteiger partial charge in [0.05, 0.1) is 31.3 Å². The van der Waals surface area contributed by atoms with Gasteiger partial charge in [0.25, 0.3) is 10.0 Å². The van der Waals surface area contributed by atoms with Crippen LogP contribution >= 0.6 is 0 Å². The summed E-state index contributed by atoms with van der Waals surface area (Å²) in [5.41, 5.74) is 0.104. The van der Waals surface area contributed by atoms with Crippen LogP contribution in [0.1, 0.15) is 13.8 Å². The van der Waals surface area contributed by atoms with Gasteiger partial charge < -0.3 is 14.2 Å². The topological polar surface area (TPSA) is 99.6 Å². The van der Waals surface area contributed by atoms with E-state index in [9.17, 15) is 12.8 Å². The maximum Gasteiger partial charge on any atom is 0.322 e. The summed E-state index contributed by atoms with van der Waals surface area (Å²) < 4.78 is 57.8. The number of nitrogens with zero attached hydrogens (tertiary/aromatic N) is 2. The average Bonchev–Trinajstić information content (AvgIpc) is 2.71. The van der Waals surface area contributed by atoms with Crippen molar-refractivity contribution in [1.29, 1.82) is 0 Å². The van der Waals surface area contributed by atoms with Crippen molar-refractivity contribution in [3.8, 4) is 23.3 Å². The van der Waals surface area contributed by atoms with E-state index in [0.29, 0.717) is 12.4 Å². The summed E-state index contributed by atoms with van der Waals surface area (Å²) in [4.78, 5) is 7.77. The molecule has 0 aliphatic carbocycles. The number of benzene rings is 2. The highest BCUT2D eigenvalue weighted by Crippen LogP contribution is 2.30. The lowest BCUT2D eigenvalue weighted by molar-refractivity contribution is 0.317. The van der Waals surface area contributed by atoms with Crippen LogP contribution in [0, 0.1) is 5.82 Å². The molecule has 0 aliphatic rings. The van der Waals surface area contributed by atoms with E-state index in [1.807, 2.05) is 6.92 Å². The minimum atomic E-state index is -3.99. The van der Waals surface area contributed by atoms with Gasteiger partial charge in [-0.25, -0.2) is 22.8 Å². The van der Waals surface area contributed by atoms with Gasteiger partial charge in [0.1, 0.15) is 16.4 Å². The van der Waals surface area contributed by atoms with Gasteiger partial charge in [-0.1, -0.05) is 12.1 Å². The lowest BCUT2D eigenvalue weighted by Crippen LogP contribution is -2.15. The number of nitrogens with one attached hydrogen (secondary N) is 1. The second-order valence-corrected chi connectivity index (χ2v) is 7.52. The molecule has 1 N–H and O–H groups in total. The van der Waals surface area contributed by atoms with Gasteiger partial charge in [-0.05, 0) is 38.1 Å². The molecule has 0 spiro atoms. The Kier molecular flexibility index (Phi) is 6.68. The van der Waals surface area contributed by atoms with Gasteiger partial charge in [-0.3, -0.25) is 4.72 Å². The zero-order chi connectivity index (χ0) is 21.6. The predicted molar refractivity (Wildman–Crippen MR) is 108 cm³/mol. The molecule has 0 radical (unpaired) electrons. The van der Waals surface area contributed by atoms with Crippen LogP contribution in [0.25, 0.3) is 0 Å². The van der Waals surface area contributed by atoms with Crippen LogP contribution in [0.3, 0.4) is 0 Å². The molecule has 2 aromatic carbocycles. The predicted octanol–water partition coefficient (Wildman–Crippen LogP) is 4.01. The number of sulfonamides is 1. The normalized spacial score (nSPS) is 11.0. The molecule has 30 heavy (non-hydrogen) atoms. The van der Waals surface area contributed by atoms with Gasteiger partial charge in [0, 0.05) is 6.07 Å². The SMILES string of the molecule is CCOc1ccc(S(=O)(=O)Nc2cnc(Oc3ccccc3F)nc2)c(OCC)c1. The van der Waals surface area contributed by atoms with Gasteiger partial charge >= 0.3 is 6.01 Å². The second-order valence-electron chi connectivity index (χ2n) is 5.87. The van der Waals surface area contributed by atoms with Gasteiger partial charge in [0.2, 0.25) is 0 Å². The van der Waals surface area contributed by atoms with E-state index in [1.54, 1.807) is 19.1 Å². The van der Waals surface area contributed by atoms with Crippen LogP contribution in [0.5, 0.6) is 23.3 Å². The molecule has 0 amide bonds. The fraction of sp³-hybridized carbons (Fsp3) is 0.200. The number of hydrogen-bond donors (Lipinski definition) is 1. The maximum absolute atomic E-state index is 13.6. The molecule has 1 aromatic heterocycles. The summed E-state index contributed by atoms with van der Waals surface area (Å²) in [6.45, 7) is 4.29. The molecule has 0 bridgehead atoms. The van der Waals surface area contributed by atoms with Gasteiger partial charge in [0.15, 0.2) is 11.6 Å². The number of anilines is 1. The van der Waals surface area contributed by atoms with E-state index in [2.05, 4.69) is 14.7 Å². The van der Waals surface area contributed by atoms with Crippen LogP contribution in [-0.4, -0.2) is 31.6 Å². The number of ether oxygens (including phenoxy) is 3. The fourth-order valence-electron chi connectivity index (χ4n) is 2.49. The van der Waals surface area contributed by atoms with E-state index in [-0.39, 0.29) is 34.7 Å². The van der Waals surface area contributed by atoms with Crippen molar-refractivity contribution in [2.75, 3.05) is 17.9 Å². The highest BCUT2D eigenvalue weighted by molar-refractivity contribution is 7.92. The highest BCUT2D eigenvalue weighted by atomic mass is 32.2. The lowest BCUT2D eigenvalue weighted by atomic mass is 10.3. The zero-order valence-electron chi connectivity index (χ0n) is 16.3. The first kappa shape index (κ1) is 21.3. The maximum atomic E-state index is 13.6. The molecule has 8 nitrogen and oxygen atoms in total. The number of halogens is 1. The summed E-state index contributed by atoms with van der Waals surface area (Å²) in [7, 11) is -3.99. The second kappa shape index (κ2) is 9.40. The molecular formula is C20H20FN3O5S. The molecule has 0 saturated heterocycles. The monoisotopic (exact) mass is 433 g/mol. The molecule has 158 valence electrons. The molecule has 1 heterocycles. The molecule has 0 unspecified atom stereocenters.